The molecule has 0 aliphatic rings. The number of rotatable bonds is 6. The third-order valence-corrected chi connectivity index (χ3v) is 4.70. The highest BCUT2D eigenvalue weighted by atomic mass is 35.5. The van der Waals surface area contributed by atoms with E-state index < -0.39 is 11.3 Å². The third kappa shape index (κ3) is 4.97. The molecule has 132 valence electrons. The van der Waals surface area contributed by atoms with Crippen LogP contribution in [0.3, 0.4) is 0 Å². The van der Waals surface area contributed by atoms with Crippen LogP contribution in [0.15, 0.2) is 48.5 Å². The molecular weight excluding hydrogens is 359 g/mol. The van der Waals surface area contributed by atoms with Crippen LogP contribution in [0.25, 0.3) is 0 Å². The van der Waals surface area contributed by atoms with Crippen molar-refractivity contribution in [3.8, 4) is 0 Å². The summed E-state index contributed by atoms with van der Waals surface area (Å²) in [5, 5.41) is 6.05. The Labute approximate surface area is 157 Å². The fraction of sp³-hybridized carbons (Fsp3) is 0.263. The molecule has 0 fully saturated rings. The molecule has 0 saturated heterocycles. The minimum absolute atomic E-state index is 0.248. The lowest BCUT2D eigenvalue weighted by Crippen LogP contribution is -2.45. The largest absolute Gasteiger partial charge is 0.355 e. The van der Waals surface area contributed by atoms with E-state index in [2.05, 4.69) is 10.6 Å². The maximum atomic E-state index is 12.5. The molecule has 0 saturated carbocycles. The number of amides is 2. The fourth-order valence-electron chi connectivity index (χ4n) is 2.17. The summed E-state index contributed by atoms with van der Waals surface area (Å²) >= 11 is 12.0. The van der Waals surface area contributed by atoms with Gasteiger partial charge in [0.15, 0.2) is 0 Å². The van der Waals surface area contributed by atoms with Gasteiger partial charge in [-0.3, -0.25) is 9.59 Å². The Bertz CT molecular complexity index is 761. The summed E-state index contributed by atoms with van der Waals surface area (Å²) in [6, 6.07) is 14.8. The van der Waals surface area contributed by atoms with Crippen molar-refractivity contribution in [1.29, 1.82) is 0 Å². The lowest BCUT2D eigenvalue weighted by Gasteiger charge is -2.23. The molecule has 0 radical (unpaired) electrons. The molecule has 2 aromatic rings. The number of halogens is 2. The van der Waals surface area contributed by atoms with Crippen molar-refractivity contribution in [1.82, 2.24) is 5.32 Å². The minimum Gasteiger partial charge on any atom is -0.355 e. The number of carbonyl (C=O) groups is 2. The SMILES string of the molecule is CC(C)(C(=O)NCCc1ccccc1)C(=O)Nc1cccc(Cl)c1Cl. The molecule has 0 aromatic heterocycles. The highest BCUT2D eigenvalue weighted by Gasteiger charge is 2.36. The van der Waals surface area contributed by atoms with Crippen molar-refractivity contribution >= 4 is 40.7 Å². The van der Waals surface area contributed by atoms with Gasteiger partial charge in [0.25, 0.3) is 0 Å². The molecule has 0 bridgehead atoms. The van der Waals surface area contributed by atoms with Crippen molar-refractivity contribution in [3.05, 3.63) is 64.1 Å². The van der Waals surface area contributed by atoms with E-state index in [0.29, 0.717) is 23.7 Å². The van der Waals surface area contributed by atoms with E-state index in [0.717, 1.165) is 5.56 Å². The van der Waals surface area contributed by atoms with E-state index in [1.807, 2.05) is 30.3 Å². The van der Waals surface area contributed by atoms with Crippen molar-refractivity contribution in [2.75, 3.05) is 11.9 Å². The fourth-order valence-corrected chi connectivity index (χ4v) is 2.52. The van der Waals surface area contributed by atoms with Crippen LogP contribution in [0, 0.1) is 5.41 Å². The van der Waals surface area contributed by atoms with E-state index in [-0.39, 0.29) is 10.9 Å². The molecule has 6 heteroatoms. The average Bonchev–Trinajstić information content (AvgIpc) is 2.59. The number of anilines is 1. The Kier molecular flexibility index (Phi) is 6.45. The van der Waals surface area contributed by atoms with Gasteiger partial charge in [-0.2, -0.15) is 0 Å². The maximum Gasteiger partial charge on any atom is 0.239 e. The third-order valence-electron chi connectivity index (χ3n) is 3.88. The molecule has 2 aromatic carbocycles. The zero-order valence-electron chi connectivity index (χ0n) is 14.1. The lowest BCUT2D eigenvalue weighted by atomic mass is 9.91. The van der Waals surface area contributed by atoms with Gasteiger partial charge in [-0.05, 0) is 38.0 Å². The lowest BCUT2D eigenvalue weighted by molar-refractivity contribution is -0.138. The molecule has 4 nitrogen and oxygen atoms in total. The van der Waals surface area contributed by atoms with Crippen LogP contribution in [-0.2, 0) is 16.0 Å². The number of carbonyl (C=O) groups excluding carboxylic acids is 2. The van der Waals surface area contributed by atoms with Gasteiger partial charge in [0.05, 0.1) is 15.7 Å². The number of benzene rings is 2. The second kappa shape index (κ2) is 8.37. The molecule has 2 N–H and O–H groups in total. The summed E-state index contributed by atoms with van der Waals surface area (Å²) in [6.45, 7) is 3.59. The first-order valence-corrected chi connectivity index (χ1v) is 8.65. The molecule has 25 heavy (non-hydrogen) atoms. The monoisotopic (exact) mass is 378 g/mol. The zero-order valence-corrected chi connectivity index (χ0v) is 15.6. The maximum absolute atomic E-state index is 12.5. The first kappa shape index (κ1) is 19.3. The van der Waals surface area contributed by atoms with Crippen LogP contribution in [0.4, 0.5) is 5.69 Å². The van der Waals surface area contributed by atoms with Gasteiger partial charge in [-0.25, -0.2) is 0 Å². The van der Waals surface area contributed by atoms with Crippen molar-refractivity contribution < 1.29 is 9.59 Å². The molecule has 0 unspecified atom stereocenters. The summed E-state index contributed by atoms with van der Waals surface area (Å²) in [5.74, 6) is -0.798. The topological polar surface area (TPSA) is 58.2 Å². The van der Waals surface area contributed by atoms with Gasteiger partial charge in [0.1, 0.15) is 5.41 Å². The Morgan fingerprint density at radius 1 is 0.960 bits per heavy atom. The second-order valence-corrected chi connectivity index (χ2v) is 6.96. The first-order valence-electron chi connectivity index (χ1n) is 7.90. The van der Waals surface area contributed by atoms with Crippen molar-refractivity contribution in [2.24, 2.45) is 5.41 Å². The summed E-state index contributed by atoms with van der Waals surface area (Å²) in [6.07, 6.45) is 0.699. The number of nitrogens with one attached hydrogen (secondary N) is 2. The normalized spacial score (nSPS) is 11.0. The van der Waals surface area contributed by atoms with Crippen LogP contribution >= 0.6 is 23.2 Å². The van der Waals surface area contributed by atoms with Crippen LogP contribution in [0.5, 0.6) is 0 Å². The Morgan fingerprint density at radius 3 is 2.32 bits per heavy atom. The van der Waals surface area contributed by atoms with Crippen LogP contribution in [0.2, 0.25) is 10.0 Å². The first-order chi connectivity index (χ1) is 11.8. The predicted octanol–water partition coefficient (Wildman–Crippen LogP) is 4.32. The summed E-state index contributed by atoms with van der Waals surface area (Å²) in [4.78, 5) is 24.9. The Hall–Kier alpha value is -2.04. The molecule has 0 atom stereocenters. The zero-order chi connectivity index (χ0) is 18.4. The Balaban J connectivity index is 1.95. The standard InChI is InChI=1S/C19H20Cl2N2O2/c1-19(2,17(24)22-12-11-13-7-4-3-5-8-13)18(25)23-15-10-6-9-14(20)16(15)21/h3-10H,11-12H2,1-2H3,(H,22,24)(H,23,25). The molecule has 0 spiro atoms. The second-order valence-electron chi connectivity index (χ2n) is 6.17. The van der Waals surface area contributed by atoms with Gasteiger partial charge in [0, 0.05) is 6.54 Å². The van der Waals surface area contributed by atoms with E-state index in [4.69, 9.17) is 23.2 Å². The number of hydrogen-bond donors (Lipinski definition) is 2. The van der Waals surface area contributed by atoms with Gasteiger partial charge in [-0.15, -0.1) is 0 Å². The molecular formula is C19H20Cl2N2O2. The van der Waals surface area contributed by atoms with E-state index in [1.54, 1.807) is 32.0 Å². The minimum atomic E-state index is -1.25. The number of hydrogen-bond acceptors (Lipinski definition) is 2. The van der Waals surface area contributed by atoms with Crippen LogP contribution < -0.4 is 10.6 Å². The molecule has 2 rings (SSSR count). The van der Waals surface area contributed by atoms with Crippen LogP contribution in [-0.4, -0.2) is 18.4 Å². The molecule has 0 aliphatic heterocycles. The van der Waals surface area contributed by atoms with Crippen molar-refractivity contribution in [3.63, 3.8) is 0 Å². The summed E-state index contributed by atoms with van der Waals surface area (Å²) in [7, 11) is 0. The highest BCUT2D eigenvalue weighted by Crippen LogP contribution is 2.30. The van der Waals surface area contributed by atoms with Gasteiger partial charge >= 0.3 is 0 Å². The van der Waals surface area contributed by atoms with Crippen LogP contribution in [0.1, 0.15) is 19.4 Å². The predicted molar refractivity (Wildman–Crippen MR) is 102 cm³/mol. The summed E-state index contributed by atoms with van der Waals surface area (Å²) < 4.78 is 0. The van der Waals surface area contributed by atoms with E-state index >= 15 is 0 Å². The van der Waals surface area contributed by atoms with E-state index in [9.17, 15) is 9.59 Å². The molecule has 0 heterocycles. The Morgan fingerprint density at radius 2 is 1.64 bits per heavy atom. The smallest absolute Gasteiger partial charge is 0.239 e. The van der Waals surface area contributed by atoms with Gasteiger partial charge in [-0.1, -0.05) is 59.6 Å². The van der Waals surface area contributed by atoms with E-state index in [1.165, 1.54) is 0 Å². The average molecular weight is 379 g/mol. The molecule has 0 aliphatic carbocycles. The molecule has 2 amide bonds. The highest BCUT2D eigenvalue weighted by molar-refractivity contribution is 6.44. The van der Waals surface area contributed by atoms with Gasteiger partial charge in [0.2, 0.25) is 11.8 Å². The summed E-state index contributed by atoms with van der Waals surface area (Å²) in [5.41, 5.74) is 0.252. The van der Waals surface area contributed by atoms with Gasteiger partial charge < -0.3 is 10.6 Å². The quantitative estimate of drug-likeness (QED) is 0.735. The van der Waals surface area contributed by atoms with Crippen molar-refractivity contribution in [2.45, 2.75) is 20.3 Å².